The number of nitrogens with zero attached hydrogens (tertiary/aromatic N) is 3. The van der Waals surface area contributed by atoms with Crippen molar-refractivity contribution in [3.63, 3.8) is 0 Å². The van der Waals surface area contributed by atoms with Gasteiger partial charge in [-0.1, -0.05) is 37.3 Å². The van der Waals surface area contributed by atoms with Gasteiger partial charge in [0.15, 0.2) is 5.58 Å². The maximum Gasteiger partial charge on any atom is 0.228 e. The van der Waals surface area contributed by atoms with Gasteiger partial charge in [0.2, 0.25) is 5.89 Å². The highest BCUT2D eigenvalue weighted by atomic mass is 31.0. The number of rotatable bonds is 4. The van der Waals surface area contributed by atoms with E-state index in [1.807, 2.05) is 6.07 Å². The average Bonchev–Trinajstić information content (AvgIpc) is 3.58. The van der Waals surface area contributed by atoms with Crippen LogP contribution in [-0.2, 0) is 19.4 Å². The van der Waals surface area contributed by atoms with Crippen LogP contribution in [0.15, 0.2) is 52.9 Å². The fourth-order valence-corrected chi connectivity index (χ4v) is 6.14. The number of benzene rings is 3. The number of hydrogen-bond donors (Lipinski definition) is 0. The van der Waals surface area contributed by atoms with Gasteiger partial charge in [-0.2, -0.15) is 5.26 Å². The third-order valence-electron chi connectivity index (χ3n) is 7.36. The Kier molecular flexibility index (Phi) is 5.48. The van der Waals surface area contributed by atoms with E-state index in [4.69, 9.17) is 9.40 Å². The minimum atomic E-state index is 0.556. The Morgan fingerprint density at radius 1 is 1.12 bits per heavy atom. The van der Waals surface area contributed by atoms with Crippen molar-refractivity contribution in [3.8, 4) is 28.7 Å². The SMILES string of the molecule is C[C@@H]1CCN(Cc2cc(C#N)c3oc(-c4cccc(-c5cccc6c5CCC6)c4P)nc3c2)C1. The van der Waals surface area contributed by atoms with Crippen LogP contribution in [0.4, 0.5) is 0 Å². The highest BCUT2D eigenvalue weighted by Gasteiger charge is 2.22. The standard InChI is InChI=1S/C29H28N3OP/c1-18-11-12-32(16-18)17-19-13-21(15-30)27-26(14-19)31-29(33-27)25-10-4-9-24(28(25)34)23-8-3-6-20-5-2-7-22(20)23/h3-4,6,8-10,13-14,18H,2,5,7,11-12,16-17,34H2,1H3/t18-/m1/s1. The van der Waals surface area contributed by atoms with E-state index < -0.39 is 0 Å². The third kappa shape index (κ3) is 3.74. The van der Waals surface area contributed by atoms with E-state index in [1.54, 1.807) is 0 Å². The number of aromatic nitrogens is 1. The van der Waals surface area contributed by atoms with Gasteiger partial charge in [-0.05, 0) is 89.5 Å². The van der Waals surface area contributed by atoms with E-state index in [-0.39, 0.29) is 0 Å². The first-order valence-corrected chi connectivity index (χ1v) is 12.7. The van der Waals surface area contributed by atoms with E-state index in [0.29, 0.717) is 17.0 Å². The molecule has 3 aromatic carbocycles. The molecule has 2 aliphatic rings. The number of nitriles is 1. The molecule has 2 atom stereocenters. The summed E-state index contributed by atoms with van der Waals surface area (Å²) in [7, 11) is 2.91. The maximum absolute atomic E-state index is 9.82. The van der Waals surface area contributed by atoms with Crippen molar-refractivity contribution in [2.75, 3.05) is 13.1 Å². The zero-order chi connectivity index (χ0) is 23.2. The van der Waals surface area contributed by atoms with Crippen molar-refractivity contribution in [1.29, 1.82) is 5.26 Å². The average molecular weight is 466 g/mol. The topological polar surface area (TPSA) is 53.1 Å². The second kappa shape index (κ2) is 8.66. The van der Waals surface area contributed by atoms with Gasteiger partial charge in [-0.25, -0.2) is 4.98 Å². The normalized spacial score (nSPS) is 17.9. The molecule has 6 rings (SSSR count). The van der Waals surface area contributed by atoms with Gasteiger partial charge in [-0.3, -0.25) is 4.90 Å². The maximum atomic E-state index is 9.82. The minimum absolute atomic E-state index is 0.556. The first-order chi connectivity index (χ1) is 16.6. The molecule has 4 aromatic rings. The molecular weight excluding hydrogens is 437 g/mol. The Hall–Kier alpha value is -2.99. The molecule has 34 heavy (non-hydrogen) atoms. The summed E-state index contributed by atoms with van der Waals surface area (Å²) in [5, 5.41) is 10.9. The summed E-state index contributed by atoms with van der Waals surface area (Å²) in [6, 6.07) is 19.3. The Labute approximate surface area is 202 Å². The molecule has 1 saturated heterocycles. The Morgan fingerprint density at radius 2 is 1.94 bits per heavy atom. The number of fused-ring (bicyclic) bond motifs is 2. The predicted octanol–water partition coefficient (Wildman–Crippen LogP) is 5.86. The monoisotopic (exact) mass is 465 g/mol. The summed E-state index contributed by atoms with van der Waals surface area (Å²) in [6.45, 7) is 5.36. The van der Waals surface area contributed by atoms with Crippen LogP contribution in [-0.4, -0.2) is 23.0 Å². The van der Waals surface area contributed by atoms with Gasteiger partial charge < -0.3 is 4.42 Å². The van der Waals surface area contributed by atoms with Gasteiger partial charge >= 0.3 is 0 Å². The molecule has 170 valence electrons. The van der Waals surface area contributed by atoms with Crippen LogP contribution in [0, 0.1) is 17.2 Å². The van der Waals surface area contributed by atoms with E-state index in [9.17, 15) is 5.26 Å². The molecule has 4 nitrogen and oxygen atoms in total. The summed E-state index contributed by atoms with van der Waals surface area (Å²) in [5.74, 6) is 1.30. The molecule has 0 N–H and O–H groups in total. The molecule has 0 saturated carbocycles. The number of aryl methyl sites for hydroxylation is 1. The van der Waals surface area contributed by atoms with E-state index in [2.05, 4.69) is 69.6 Å². The third-order valence-corrected chi connectivity index (χ3v) is 7.98. The van der Waals surface area contributed by atoms with Gasteiger partial charge in [0.05, 0.1) is 5.56 Å². The van der Waals surface area contributed by atoms with Crippen LogP contribution in [0.2, 0.25) is 0 Å². The summed E-state index contributed by atoms with van der Waals surface area (Å²) >= 11 is 0. The van der Waals surface area contributed by atoms with Crippen molar-refractivity contribution >= 4 is 25.6 Å². The van der Waals surface area contributed by atoms with Crippen LogP contribution in [0.25, 0.3) is 33.7 Å². The lowest BCUT2D eigenvalue weighted by Crippen LogP contribution is -2.19. The first-order valence-electron chi connectivity index (χ1n) is 12.2. The molecule has 1 aliphatic heterocycles. The van der Waals surface area contributed by atoms with Crippen molar-refractivity contribution in [1.82, 2.24) is 9.88 Å². The number of oxazole rings is 1. The lowest BCUT2D eigenvalue weighted by Gasteiger charge is -2.15. The van der Waals surface area contributed by atoms with Crippen molar-refractivity contribution < 1.29 is 4.42 Å². The summed E-state index contributed by atoms with van der Waals surface area (Å²) in [4.78, 5) is 7.32. The van der Waals surface area contributed by atoms with Gasteiger partial charge in [0.25, 0.3) is 0 Å². The Balaban J connectivity index is 1.41. The smallest absolute Gasteiger partial charge is 0.228 e. The number of hydrogen-bond acceptors (Lipinski definition) is 4. The largest absolute Gasteiger partial charge is 0.435 e. The van der Waals surface area contributed by atoms with E-state index >= 15 is 0 Å². The van der Waals surface area contributed by atoms with Crippen molar-refractivity contribution in [2.45, 2.75) is 39.2 Å². The second-order valence-electron chi connectivity index (χ2n) is 9.82. The molecule has 0 amide bonds. The zero-order valence-electron chi connectivity index (χ0n) is 19.5. The summed E-state index contributed by atoms with van der Waals surface area (Å²) < 4.78 is 6.22. The molecular formula is C29H28N3OP. The molecule has 0 radical (unpaired) electrons. The summed E-state index contributed by atoms with van der Waals surface area (Å²) in [6.07, 6.45) is 4.75. The molecule has 1 unspecified atom stereocenters. The minimum Gasteiger partial charge on any atom is -0.435 e. The fraction of sp³-hybridized carbons (Fsp3) is 0.310. The van der Waals surface area contributed by atoms with Crippen LogP contribution in [0.1, 0.15) is 42.0 Å². The van der Waals surface area contributed by atoms with Gasteiger partial charge in [0, 0.05) is 18.7 Å². The van der Waals surface area contributed by atoms with Crippen LogP contribution < -0.4 is 5.30 Å². The molecule has 5 heteroatoms. The van der Waals surface area contributed by atoms with Crippen LogP contribution >= 0.6 is 9.24 Å². The highest BCUT2D eigenvalue weighted by molar-refractivity contribution is 7.28. The van der Waals surface area contributed by atoms with Crippen molar-refractivity contribution in [2.24, 2.45) is 5.92 Å². The zero-order valence-corrected chi connectivity index (χ0v) is 20.6. The van der Waals surface area contributed by atoms with Gasteiger partial charge in [0.1, 0.15) is 11.6 Å². The van der Waals surface area contributed by atoms with Crippen LogP contribution in [0.5, 0.6) is 0 Å². The Bertz CT molecular complexity index is 1450. The lowest BCUT2D eigenvalue weighted by molar-refractivity contribution is 0.320. The highest BCUT2D eigenvalue weighted by Crippen LogP contribution is 2.35. The van der Waals surface area contributed by atoms with Crippen molar-refractivity contribution in [3.05, 3.63) is 70.8 Å². The van der Waals surface area contributed by atoms with Crippen LogP contribution in [0.3, 0.4) is 0 Å². The van der Waals surface area contributed by atoms with Gasteiger partial charge in [-0.15, -0.1) is 9.24 Å². The quantitative estimate of drug-likeness (QED) is 0.354. The van der Waals surface area contributed by atoms with E-state index in [1.165, 1.54) is 35.1 Å². The molecule has 1 fully saturated rings. The lowest BCUT2D eigenvalue weighted by atomic mass is 9.95. The molecule has 1 aromatic heterocycles. The predicted molar refractivity (Wildman–Crippen MR) is 140 cm³/mol. The summed E-state index contributed by atoms with van der Waals surface area (Å²) in [5.41, 5.74) is 9.40. The number of likely N-dealkylation sites (tertiary alicyclic amines) is 1. The molecule has 0 bridgehead atoms. The Morgan fingerprint density at radius 3 is 2.76 bits per heavy atom. The fourth-order valence-electron chi connectivity index (χ4n) is 5.67. The second-order valence-corrected chi connectivity index (χ2v) is 10.4. The molecule has 1 aliphatic carbocycles. The molecule has 0 spiro atoms. The molecule has 2 heterocycles. The first kappa shape index (κ1) is 21.5. The van der Waals surface area contributed by atoms with E-state index in [0.717, 1.165) is 60.3 Å².